The Labute approximate surface area is 235 Å². The maximum Gasteiger partial charge on any atom is 0.0702 e. The molecule has 0 aliphatic heterocycles. The smallest absolute Gasteiger partial charge is 0.0702 e. The lowest BCUT2D eigenvalue weighted by molar-refractivity contribution is 0.660. The molecule has 0 saturated heterocycles. The van der Waals surface area contributed by atoms with Gasteiger partial charge in [0.2, 0.25) is 0 Å². The van der Waals surface area contributed by atoms with Crippen molar-refractivity contribution < 1.29 is 0 Å². The Morgan fingerprint density at radius 2 is 0.900 bits per heavy atom. The molecule has 2 heteroatoms. The third kappa shape index (κ3) is 3.05. The van der Waals surface area contributed by atoms with Gasteiger partial charge in [-0.25, -0.2) is 0 Å². The zero-order valence-corrected chi connectivity index (χ0v) is 23.3. The number of fused-ring (bicyclic) bond motifs is 9. The molecule has 0 unspecified atom stereocenters. The predicted molar refractivity (Wildman–Crippen MR) is 166 cm³/mol. The van der Waals surface area contributed by atoms with Gasteiger partial charge in [0.05, 0.1) is 11.4 Å². The highest BCUT2D eigenvalue weighted by Crippen LogP contribution is 2.56. The largest absolute Gasteiger partial charge is 0.256 e. The van der Waals surface area contributed by atoms with Crippen LogP contribution in [0.4, 0.5) is 0 Å². The van der Waals surface area contributed by atoms with Gasteiger partial charge in [-0.1, -0.05) is 88.4 Å². The average molecular weight is 515 g/mol. The fraction of sp³-hybridized carbons (Fsp3) is 0.158. The van der Waals surface area contributed by atoms with E-state index < -0.39 is 0 Å². The Morgan fingerprint density at radius 1 is 0.450 bits per heavy atom. The van der Waals surface area contributed by atoms with Gasteiger partial charge in [0, 0.05) is 34.4 Å². The van der Waals surface area contributed by atoms with Crippen LogP contribution < -0.4 is 0 Å². The number of pyridine rings is 2. The summed E-state index contributed by atoms with van der Waals surface area (Å²) in [7, 11) is 0. The lowest BCUT2D eigenvalue weighted by Crippen LogP contribution is -2.15. The lowest BCUT2D eigenvalue weighted by atomic mass is 9.80. The lowest BCUT2D eigenvalue weighted by Gasteiger charge is -2.23. The van der Waals surface area contributed by atoms with Crippen LogP contribution in [0.1, 0.15) is 49.9 Å². The highest BCUT2D eigenvalue weighted by Gasteiger charge is 2.40. The van der Waals surface area contributed by atoms with Crippen molar-refractivity contribution in [1.82, 2.24) is 9.97 Å². The number of benzene rings is 4. The highest BCUT2D eigenvalue weighted by molar-refractivity contribution is 6.10. The summed E-state index contributed by atoms with van der Waals surface area (Å²) < 4.78 is 0. The summed E-state index contributed by atoms with van der Waals surface area (Å²) in [4.78, 5) is 9.23. The Bertz CT molecular complexity index is 1840. The Kier molecular flexibility index (Phi) is 4.66. The summed E-state index contributed by atoms with van der Waals surface area (Å²) in [5.74, 6) is 0. The second-order valence-electron chi connectivity index (χ2n) is 12.3. The van der Waals surface area contributed by atoms with E-state index in [1.807, 2.05) is 24.5 Å². The Balaban J connectivity index is 1.35. The number of hydrogen-bond acceptors (Lipinski definition) is 2. The van der Waals surface area contributed by atoms with Crippen molar-refractivity contribution in [3.63, 3.8) is 0 Å². The van der Waals surface area contributed by atoms with E-state index in [0.717, 1.165) is 11.4 Å². The second-order valence-corrected chi connectivity index (χ2v) is 12.3. The normalized spacial score (nSPS) is 15.4. The van der Waals surface area contributed by atoms with Crippen LogP contribution in [0, 0.1) is 0 Å². The molecule has 0 saturated carbocycles. The number of rotatable bonds is 2. The standard InChI is InChI=1S/C38H30N2/c1-37(2)29-17-15-26-25(35(29)27-13-11-23(21-31(27)37)33-9-5-7-19-39-33)16-18-30-36(26)28-14-12-24(22-32(28)38(30,3)4)34-10-6-8-20-40-34/h5-22H,1-4H3. The summed E-state index contributed by atoms with van der Waals surface area (Å²) in [5.41, 5.74) is 15.2. The van der Waals surface area contributed by atoms with Gasteiger partial charge in [0.15, 0.2) is 0 Å². The summed E-state index contributed by atoms with van der Waals surface area (Å²) in [6, 6.07) is 35.6. The third-order valence-electron chi connectivity index (χ3n) is 9.39. The molecule has 0 bridgehead atoms. The van der Waals surface area contributed by atoms with E-state index in [0.29, 0.717) is 0 Å². The molecular formula is C38H30N2. The second kappa shape index (κ2) is 7.99. The molecule has 0 spiro atoms. The van der Waals surface area contributed by atoms with Crippen LogP contribution in [0.2, 0.25) is 0 Å². The van der Waals surface area contributed by atoms with Crippen molar-refractivity contribution in [3.8, 4) is 44.8 Å². The monoisotopic (exact) mass is 514 g/mol. The molecule has 2 aromatic heterocycles. The van der Waals surface area contributed by atoms with Crippen molar-refractivity contribution in [1.29, 1.82) is 0 Å². The zero-order valence-electron chi connectivity index (χ0n) is 23.3. The van der Waals surface area contributed by atoms with Gasteiger partial charge in [-0.2, -0.15) is 0 Å². The van der Waals surface area contributed by atoms with Crippen molar-refractivity contribution in [2.24, 2.45) is 0 Å². The minimum absolute atomic E-state index is 0.0859. The zero-order chi connectivity index (χ0) is 27.2. The van der Waals surface area contributed by atoms with Crippen LogP contribution in [0.5, 0.6) is 0 Å². The molecule has 2 aliphatic rings. The molecule has 192 valence electrons. The summed E-state index contributed by atoms with van der Waals surface area (Å²) in [5, 5.41) is 2.68. The van der Waals surface area contributed by atoms with Crippen LogP contribution in [0.15, 0.2) is 109 Å². The Hall–Kier alpha value is -4.56. The fourth-order valence-corrected chi connectivity index (χ4v) is 7.26. The van der Waals surface area contributed by atoms with Gasteiger partial charge in [-0.05, 0) is 91.7 Å². The molecule has 40 heavy (non-hydrogen) atoms. The first kappa shape index (κ1) is 23.3. The molecule has 6 aromatic rings. The first-order valence-electron chi connectivity index (χ1n) is 14.1. The molecule has 8 rings (SSSR count). The van der Waals surface area contributed by atoms with E-state index >= 15 is 0 Å². The van der Waals surface area contributed by atoms with Crippen LogP contribution in [0.25, 0.3) is 55.5 Å². The molecule has 0 fully saturated rings. The van der Waals surface area contributed by atoms with Gasteiger partial charge in [0.25, 0.3) is 0 Å². The molecular weight excluding hydrogens is 484 g/mol. The quantitative estimate of drug-likeness (QED) is 0.230. The van der Waals surface area contributed by atoms with Crippen LogP contribution >= 0.6 is 0 Å². The summed E-state index contributed by atoms with van der Waals surface area (Å²) in [6.07, 6.45) is 3.74. The van der Waals surface area contributed by atoms with Crippen molar-refractivity contribution in [2.75, 3.05) is 0 Å². The molecule has 0 radical (unpaired) electrons. The van der Waals surface area contributed by atoms with Gasteiger partial charge in [-0.15, -0.1) is 0 Å². The van der Waals surface area contributed by atoms with E-state index in [9.17, 15) is 0 Å². The van der Waals surface area contributed by atoms with E-state index in [1.54, 1.807) is 0 Å². The molecule has 0 amide bonds. The van der Waals surface area contributed by atoms with Gasteiger partial charge < -0.3 is 0 Å². The van der Waals surface area contributed by atoms with Crippen LogP contribution in [-0.4, -0.2) is 9.97 Å². The maximum absolute atomic E-state index is 4.62. The van der Waals surface area contributed by atoms with E-state index in [4.69, 9.17) is 0 Å². The van der Waals surface area contributed by atoms with Gasteiger partial charge in [-0.3, -0.25) is 9.97 Å². The van der Waals surface area contributed by atoms with E-state index in [2.05, 4.69) is 123 Å². The Morgan fingerprint density at radius 3 is 1.30 bits per heavy atom. The molecule has 2 aliphatic carbocycles. The minimum Gasteiger partial charge on any atom is -0.256 e. The number of aromatic nitrogens is 2. The van der Waals surface area contributed by atoms with Crippen molar-refractivity contribution >= 4 is 10.8 Å². The number of nitrogens with zero attached hydrogens (tertiary/aromatic N) is 2. The van der Waals surface area contributed by atoms with E-state index in [1.165, 1.54) is 66.4 Å². The molecule has 2 nitrogen and oxygen atoms in total. The maximum atomic E-state index is 4.62. The third-order valence-corrected chi connectivity index (χ3v) is 9.39. The highest BCUT2D eigenvalue weighted by atomic mass is 14.7. The fourth-order valence-electron chi connectivity index (χ4n) is 7.26. The van der Waals surface area contributed by atoms with Crippen LogP contribution in [-0.2, 0) is 10.8 Å². The molecule has 2 heterocycles. The summed E-state index contributed by atoms with van der Waals surface area (Å²) >= 11 is 0. The number of hydrogen-bond donors (Lipinski definition) is 0. The van der Waals surface area contributed by atoms with Gasteiger partial charge >= 0.3 is 0 Å². The topological polar surface area (TPSA) is 25.8 Å². The average Bonchev–Trinajstić information content (AvgIpc) is 3.37. The molecule has 0 N–H and O–H groups in total. The predicted octanol–water partition coefficient (Wildman–Crippen LogP) is 9.58. The van der Waals surface area contributed by atoms with Crippen LogP contribution in [0.3, 0.4) is 0 Å². The first-order chi connectivity index (χ1) is 19.4. The van der Waals surface area contributed by atoms with Crippen molar-refractivity contribution in [2.45, 2.75) is 38.5 Å². The summed E-state index contributed by atoms with van der Waals surface area (Å²) in [6.45, 7) is 9.43. The first-order valence-corrected chi connectivity index (χ1v) is 14.1. The molecule has 0 atom stereocenters. The van der Waals surface area contributed by atoms with Crippen molar-refractivity contribution in [3.05, 3.63) is 132 Å². The SMILES string of the molecule is CC1(C)c2cc(-c3ccccn3)ccc2-c2c1ccc1c3c(ccc21)C(C)(C)c1cc(-c2ccccn2)ccc1-3. The van der Waals surface area contributed by atoms with Gasteiger partial charge in [0.1, 0.15) is 0 Å². The minimum atomic E-state index is -0.0859. The van der Waals surface area contributed by atoms with E-state index in [-0.39, 0.29) is 10.8 Å². The molecule has 4 aromatic carbocycles.